The smallest absolute Gasteiger partial charge is 0.332 e. The van der Waals surface area contributed by atoms with Crippen molar-refractivity contribution in [2.75, 3.05) is 13.7 Å². The molecule has 2 aliphatic rings. The molecule has 0 bridgehead atoms. The monoisotopic (exact) mass is 575 g/mol. The van der Waals surface area contributed by atoms with Crippen molar-refractivity contribution in [3.8, 4) is 11.9 Å². The van der Waals surface area contributed by atoms with Crippen molar-refractivity contribution in [2.24, 2.45) is 11.8 Å². The maximum atomic E-state index is 13.1. The molecule has 10 nitrogen and oxygen atoms in total. The molecule has 2 aliphatic carbocycles. The van der Waals surface area contributed by atoms with Crippen LogP contribution in [0.1, 0.15) is 52.7 Å². The minimum atomic E-state index is -1.09. The van der Waals surface area contributed by atoms with Crippen molar-refractivity contribution < 1.29 is 33.7 Å². The second kappa shape index (κ2) is 9.59. The zero-order chi connectivity index (χ0) is 24.6. The lowest BCUT2D eigenvalue weighted by Gasteiger charge is -2.21. The Morgan fingerprint density at radius 1 is 1.24 bits per heavy atom. The van der Waals surface area contributed by atoms with Gasteiger partial charge in [-0.15, -0.1) is 0 Å². The molecule has 3 rings (SSSR count). The number of ether oxygens (including phenoxy) is 3. The Labute approximate surface area is 206 Å². The molecule has 0 aliphatic heterocycles. The van der Waals surface area contributed by atoms with Gasteiger partial charge < -0.3 is 24.6 Å². The number of esters is 1. The van der Waals surface area contributed by atoms with Gasteiger partial charge in [0.05, 0.1) is 31.2 Å². The standard InChI is InChI=1S/C22H30IN3O7/c1-6-32-19(30)22(10-14(22)23)26-17(27)12-7-11(8-13(12)18(28)29)33-16-9-15(21(2,3)4)24-20(25-16)31-5/h9,11-14H,6-8,10H2,1-5H3,(H,26,27)(H,28,29)/t11-,12-,13-,14-,22-/m1/s1. The maximum Gasteiger partial charge on any atom is 0.332 e. The largest absolute Gasteiger partial charge is 0.481 e. The van der Waals surface area contributed by atoms with E-state index in [1.165, 1.54) is 7.11 Å². The molecule has 0 saturated heterocycles. The number of halogens is 1. The molecule has 0 radical (unpaired) electrons. The first-order valence-electron chi connectivity index (χ1n) is 10.9. The summed E-state index contributed by atoms with van der Waals surface area (Å²) in [5, 5.41) is 12.5. The lowest BCUT2D eigenvalue weighted by Crippen LogP contribution is -2.49. The van der Waals surface area contributed by atoms with Crippen molar-refractivity contribution >= 4 is 40.4 Å². The van der Waals surface area contributed by atoms with Crippen LogP contribution < -0.4 is 14.8 Å². The average Bonchev–Trinajstić information content (AvgIpc) is 3.18. The number of hydrogen-bond acceptors (Lipinski definition) is 8. The predicted octanol–water partition coefficient (Wildman–Crippen LogP) is 2.27. The molecule has 33 heavy (non-hydrogen) atoms. The van der Waals surface area contributed by atoms with E-state index < -0.39 is 41.3 Å². The van der Waals surface area contributed by atoms with Crippen molar-refractivity contribution in [3.05, 3.63) is 11.8 Å². The Kier molecular flexibility index (Phi) is 7.39. The fourth-order valence-corrected chi connectivity index (χ4v) is 5.05. The molecule has 2 N–H and O–H groups in total. The van der Waals surface area contributed by atoms with Gasteiger partial charge in [0.2, 0.25) is 11.8 Å². The van der Waals surface area contributed by atoms with E-state index in [4.69, 9.17) is 14.2 Å². The molecule has 5 atom stereocenters. The van der Waals surface area contributed by atoms with Gasteiger partial charge in [-0.25, -0.2) is 4.79 Å². The number of carbonyl (C=O) groups excluding carboxylic acids is 2. The number of hydrogen-bond donors (Lipinski definition) is 2. The van der Waals surface area contributed by atoms with E-state index in [1.54, 1.807) is 13.0 Å². The van der Waals surface area contributed by atoms with Gasteiger partial charge in [-0.2, -0.15) is 9.97 Å². The topological polar surface area (TPSA) is 137 Å². The molecule has 1 heterocycles. The van der Waals surface area contributed by atoms with Crippen LogP contribution in [-0.2, 0) is 24.5 Å². The van der Waals surface area contributed by atoms with Crippen molar-refractivity contribution in [1.82, 2.24) is 15.3 Å². The van der Waals surface area contributed by atoms with E-state index in [0.29, 0.717) is 12.1 Å². The normalized spacial score (nSPS) is 28.7. The fourth-order valence-electron chi connectivity index (χ4n) is 3.95. The summed E-state index contributed by atoms with van der Waals surface area (Å²) >= 11 is 2.09. The van der Waals surface area contributed by atoms with Gasteiger partial charge in [-0.3, -0.25) is 9.59 Å². The Balaban J connectivity index is 1.76. The first-order valence-corrected chi connectivity index (χ1v) is 12.1. The number of nitrogens with one attached hydrogen (secondary N) is 1. The zero-order valence-corrected chi connectivity index (χ0v) is 21.5. The van der Waals surface area contributed by atoms with Crippen molar-refractivity contribution in [3.63, 3.8) is 0 Å². The highest BCUT2D eigenvalue weighted by Gasteiger charge is 2.62. The highest BCUT2D eigenvalue weighted by Crippen LogP contribution is 2.45. The summed E-state index contributed by atoms with van der Waals surface area (Å²) in [6.07, 6.45) is 0.247. The molecule has 0 unspecified atom stereocenters. The predicted molar refractivity (Wildman–Crippen MR) is 125 cm³/mol. The fraction of sp³-hybridized carbons (Fsp3) is 0.682. The summed E-state index contributed by atoms with van der Waals surface area (Å²) in [6.45, 7) is 7.88. The summed E-state index contributed by atoms with van der Waals surface area (Å²) in [6, 6.07) is 1.85. The Bertz CT molecular complexity index is 935. The van der Waals surface area contributed by atoms with Crippen LogP contribution in [0.5, 0.6) is 11.9 Å². The molecular formula is C22H30IN3O7. The number of carbonyl (C=O) groups is 3. The number of aliphatic carboxylic acids is 1. The SMILES string of the molecule is CCOC(=O)[C@@]1(NC(=O)[C@@H]2C[C@@H](Oc3cc(C(C)(C)C)nc(OC)n3)C[C@H]2C(=O)O)C[C@H]1I. The van der Waals surface area contributed by atoms with Gasteiger partial charge in [0.25, 0.3) is 0 Å². The number of rotatable bonds is 8. The van der Waals surface area contributed by atoms with Crippen LogP contribution >= 0.6 is 22.6 Å². The minimum Gasteiger partial charge on any atom is -0.481 e. The lowest BCUT2D eigenvalue weighted by molar-refractivity contribution is -0.150. The first kappa shape index (κ1) is 25.4. The third kappa shape index (κ3) is 5.49. The molecule has 1 amide bonds. The molecule has 1 aromatic heterocycles. The Morgan fingerprint density at radius 3 is 2.39 bits per heavy atom. The molecule has 0 aromatic carbocycles. The number of amides is 1. The van der Waals surface area contributed by atoms with Crippen LogP contribution in [0, 0.1) is 11.8 Å². The Hall–Kier alpha value is -2.18. The average molecular weight is 575 g/mol. The van der Waals surface area contributed by atoms with Gasteiger partial charge in [-0.05, 0) is 26.2 Å². The van der Waals surface area contributed by atoms with E-state index in [-0.39, 0.29) is 40.7 Å². The van der Waals surface area contributed by atoms with E-state index in [0.717, 1.165) is 0 Å². The number of alkyl halides is 1. The number of methoxy groups -OCH3 is 1. The van der Waals surface area contributed by atoms with Crippen molar-refractivity contribution in [2.45, 2.75) is 67.9 Å². The molecule has 2 fully saturated rings. The van der Waals surface area contributed by atoms with Crippen LogP contribution in [-0.4, -0.2) is 62.2 Å². The number of carboxylic acids is 1. The molecule has 182 valence electrons. The van der Waals surface area contributed by atoms with E-state index in [9.17, 15) is 19.5 Å². The second-order valence-corrected chi connectivity index (χ2v) is 10.9. The summed E-state index contributed by atoms with van der Waals surface area (Å²) in [5.74, 6) is -3.56. The first-order chi connectivity index (χ1) is 15.4. The highest BCUT2D eigenvalue weighted by atomic mass is 127. The minimum absolute atomic E-state index is 0.0980. The maximum absolute atomic E-state index is 13.1. The summed E-state index contributed by atoms with van der Waals surface area (Å²) in [5.41, 5.74) is -0.653. The van der Waals surface area contributed by atoms with Crippen LogP contribution in [0.15, 0.2) is 6.07 Å². The van der Waals surface area contributed by atoms with E-state index in [2.05, 4.69) is 37.9 Å². The summed E-state index contributed by atoms with van der Waals surface area (Å²) in [7, 11) is 1.46. The van der Waals surface area contributed by atoms with E-state index in [1.807, 2.05) is 20.8 Å². The van der Waals surface area contributed by atoms with Gasteiger partial charge in [-0.1, -0.05) is 43.4 Å². The molecular weight excluding hydrogens is 545 g/mol. The molecule has 11 heteroatoms. The third-order valence-electron chi connectivity index (χ3n) is 5.96. The van der Waals surface area contributed by atoms with Crippen molar-refractivity contribution in [1.29, 1.82) is 0 Å². The molecule has 1 aromatic rings. The van der Waals surface area contributed by atoms with Gasteiger partial charge in [0.1, 0.15) is 6.10 Å². The number of carboxylic acid groups (broad SMARTS) is 1. The van der Waals surface area contributed by atoms with Crippen LogP contribution in [0.4, 0.5) is 0 Å². The number of nitrogens with zero attached hydrogens (tertiary/aromatic N) is 2. The van der Waals surface area contributed by atoms with Crippen LogP contribution in [0.3, 0.4) is 0 Å². The third-order valence-corrected chi connectivity index (χ3v) is 7.46. The van der Waals surface area contributed by atoms with E-state index >= 15 is 0 Å². The van der Waals surface area contributed by atoms with Gasteiger partial charge in [0, 0.05) is 15.4 Å². The summed E-state index contributed by atoms with van der Waals surface area (Å²) in [4.78, 5) is 45.9. The van der Waals surface area contributed by atoms with Gasteiger partial charge >= 0.3 is 17.9 Å². The van der Waals surface area contributed by atoms with Gasteiger partial charge in [0.15, 0.2) is 5.54 Å². The lowest BCUT2D eigenvalue weighted by atomic mass is 9.92. The van der Waals surface area contributed by atoms with Crippen LogP contribution in [0.25, 0.3) is 0 Å². The summed E-state index contributed by atoms with van der Waals surface area (Å²) < 4.78 is 16.2. The highest BCUT2D eigenvalue weighted by molar-refractivity contribution is 14.1. The number of aromatic nitrogens is 2. The second-order valence-electron chi connectivity index (χ2n) is 9.44. The molecule has 0 spiro atoms. The zero-order valence-electron chi connectivity index (χ0n) is 19.4. The van der Waals surface area contributed by atoms with Crippen LogP contribution in [0.2, 0.25) is 0 Å². The Morgan fingerprint density at radius 2 is 1.88 bits per heavy atom. The quantitative estimate of drug-likeness (QED) is 0.272. The molecule has 2 saturated carbocycles.